The van der Waals surface area contributed by atoms with Gasteiger partial charge in [0, 0.05) is 24.2 Å². The minimum absolute atomic E-state index is 0.0640. The SMILES string of the molecule is COc1ccc(CCC(=O)N2CCC(O)c3cc(OC)ccc32)cc1. The van der Waals surface area contributed by atoms with Gasteiger partial charge in [-0.3, -0.25) is 4.79 Å². The molecule has 1 atom stereocenters. The molecule has 0 spiro atoms. The number of amides is 1. The Morgan fingerprint density at radius 2 is 1.80 bits per heavy atom. The van der Waals surface area contributed by atoms with Crippen LogP contribution in [0.2, 0.25) is 0 Å². The van der Waals surface area contributed by atoms with Crippen LogP contribution in [0.15, 0.2) is 42.5 Å². The number of rotatable bonds is 5. The molecule has 1 unspecified atom stereocenters. The van der Waals surface area contributed by atoms with Crippen LogP contribution in [0.1, 0.15) is 30.1 Å². The molecule has 1 heterocycles. The van der Waals surface area contributed by atoms with Crippen LogP contribution in [-0.4, -0.2) is 31.8 Å². The summed E-state index contributed by atoms with van der Waals surface area (Å²) in [4.78, 5) is 14.5. The van der Waals surface area contributed by atoms with E-state index in [0.29, 0.717) is 31.6 Å². The van der Waals surface area contributed by atoms with Crippen molar-refractivity contribution in [3.05, 3.63) is 53.6 Å². The van der Waals surface area contributed by atoms with Crippen molar-refractivity contribution >= 4 is 11.6 Å². The molecule has 25 heavy (non-hydrogen) atoms. The Morgan fingerprint density at radius 3 is 2.48 bits per heavy atom. The Balaban J connectivity index is 1.71. The summed E-state index contributed by atoms with van der Waals surface area (Å²) in [5, 5.41) is 10.2. The van der Waals surface area contributed by atoms with E-state index in [1.54, 1.807) is 19.1 Å². The van der Waals surface area contributed by atoms with E-state index in [9.17, 15) is 9.90 Å². The van der Waals surface area contributed by atoms with E-state index in [1.165, 1.54) is 0 Å². The molecule has 5 heteroatoms. The van der Waals surface area contributed by atoms with Gasteiger partial charge >= 0.3 is 0 Å². The molecule has 2 aromatic rings. The number of aryl methyl sites for hydroxylation is 1. The number of methoxy groups -OCH3 is 2. The Hall–Kier alpha value is -2.53. The molecule has 0 fully saturated rings. The number of carbonyl (C=O) groups is 1. The van der Waals surface area contributed by atoms with Gasteiger partial charge in [-0.05, 0) is 48.7 Å². The third-order valence-corrected chi connectivity index (χ3v) is 4.60. The fourth-order valence-electron chi connectivity index (χ4n) is 3.14. The van der Waals surface area contributed by atoms with Crippen LogP contribution in [0.3, 0.4) is 0 Å². The number of hydrogen-bond donors (Lipinski definition) is 1. The molecule has 0 aliphatic carbocycles. The normalized spacial score (nSPS) is 16.3. The molecule has 5 nitrogen and oxygen atoms in total. The highest BCUT2D eigenvalue weighted by atomic mass is 16.5. The van der Waals surface area contributed by atoms with Crippen molar-refractivity contribution in [2.75, 3.05) is 25.7 Å². The average molecular weight is 341 g/mol. The van der Waals surface area contributed by atoms with Gasteiger partial charge in [0.2, 0.25) is 5.91 Å². The molecule has 0 radical (unpaired) electrons. The van der Waals surface area contributed by atoms with Gasteiger partial charge in [0.25, 0.3) is 0 Å². The summed E-state index contributed by atoms with van der Waals surface area (Å²) in [7, 11) is 3.23. The van der Waals surface area contributed by atoms with Gasteiger partial charge < -0.3 is 19.5 Å². The fraction of sp³-hybridized carbons (Fsp3) is 0.350. The van der Waals surface area contributed by atoms with Crippen molar-refractivity contribution in [2.24, 2.45) is 0 Å². The monoisotopic (exact) mass is 341 g/mol. The van der Waals surface area contributed by atoms with Gasteiger partial charge in [0.15, 0.2) is 0 Å². The molecule has 2 aromatic carbocycles. The summed E-state index contributed by atoms with van der Waals surface area (Å²) < 4.78 is 10.4. The number of ether oxygens (including phenoxy) is 2. The fourth-order valence-corrected chi connectivity index (χ4v) is 3.14. The maximum atomic E-state index is 12.7. The molecule has 0 aromatic heterocycles. The number of aliphatic hydroxyl groups excluding tert-OH is 1. The molecule has 3 rings (SSSR count). The number of fused-ring (bicyclic) bond motifs is 1. The number of nitrogens with zero attached hydrogens (tertiary/aromatic N) is 1. The van der Waals surface area contributed by atoms with E-state index in [0.717, 1.165) is 22.6 Å². The van der Waals surface area contributed by atoms with Crippen molar-refractivity contribution in [2.45, 2.75) is 25.4 Å². The molecular weight excluding hydrogens is 318 g/mol. The topological polar surface area (TPSA) is 59.0 Å². The predicted molar refractivity (Wildman–Crippen MR) is 96.2 cm³/mol. The van der Waals surface area contributed by atoms with Crippen LogP contribution in [0.25, 0.3) is 0 Å². The summed E-state index contributed by atoms with van der Waals surface area (Å²) in [5.74, 6) is 1.56. The summed E-state index contributed by atoms with van der Waals surface area (Å²) >= 11 is 0. The minimum atomic E-state index is -0.560. The molecular formula is C20H23NO4. The van der Waals surface area contributed by atoms with E-state index in [2.05, 4.69) is 0 Å². The lowest BCUT2D eigenvalue weighted by molar-refractivity contribution is -0.118. The van der Waals surface area contributed by atoms with Crippen LogP contribution in [0, 0.1) is 0 Å². The van der Waals surface area contributed by atoms with Crippen molar-refractivity contribution in [1.29, 1.82) is 0 Å². The lowest BCUT2D eigenvalue weighted by Crippen LogP contribution is -2.36. The second-order valence-electron chi connectivity index (χ2n) is 6.12. The number of anilines is 1. The van der Waals surface area contributed by atoms with E-state index in [4.69, 9.17) is 9.47 Å². The largest absolute Gasteiger partial charge is 0.497 e. The van der Waals surface area contributed by atoms with Crippen molar-refractivity contribution in [3.8, 4) is 11.5 Å². The quantitative estimate of drug-likeness (QED) is 0.908. The van der Waals surface area contributed by atoms with Crippen molar-refractivity contribution < 1.29 is 19.4 Å². The standard InChI is InChI=1S/C20H23NO4/c1-24-15-6-3-14(4-7-15)5-10-20(23)21-12-11-19(22)17-13-16(25-2)8-9-18(17)21/h3-4,6-9,13,19,22H,5,10-12H2,1-2H3. The van der Waals surface area contributed by atoms with Crippen LogP contribution in [-0.2, 0) is 11.2 Å². The Labute approximate surface area is 147 Å². The molecule has 1 N–H and O–H groups in total. The third-order valence-electron chi connectivity index (χ3n) is 4.60. The predicted octanol–water partition coefficient (Wildman–Crippen LogP) is 3.11. The van der Waals surface area contributed by atoms with Crippen molar-refractivity contribution in [1.82, 2.24) is 0 Å². The first-order chi connectivity index (χ1) is 12.1. The third kappa shape index (κ3) is 3.77. The summed E-state index contributed by atoms with van der Waals surface area (Å²) in [6.07, 6.45) is 1.08. The summed E-state index contributed by atoms with van der Waals surface area (Å²) in [6, 6.07) is 13.2. The van der Waals surface area contributed by atoms with Crippen LogP contribution >= 0.6 is 0 Å². The van der Waals surface area contributed by atoms with Gasteiger partial charge in [0.05, 0.1) is 20.3 Å². The molecule has 0 bridgehead atoms. The van der Waals surface area contributed by atoms with Crippen LogP contribution in [0.5, 0.6) is 11.5 Å². The summed E-state index contributed by atoms with van der Waals surface area (Å²) in [6.45, 7) is 0.530. The first kappa shape index (κ1) is 17.3. The number of hydrogen-bond acceptors (Lipinski definition) is 4. The first-order valence-electron chi connectivity index (χ1n) is 8.41. The zero-order valence-electron chi connectivity index (χ0n) is 14.6. The van der Waals surface area contributed by atoms with E-state index >= 15 is 0 Å². The lowest BCUT2D eigenvalue weighted by atomic mass is 9.97. The molecule has 1 aliphatic heterocycles. The average Bonchev–Trinajstić information content (AvgIpc) is 2.66. The minimum Gasteiger partial charge on any atom is -0.497 e. The van der Waals surface area contributed by atoms with Gasteiger partial charge in [-0.2, -0.15) is 0 Å². The van der Waals surface area contributed by atoms with Gasteiger partial charge in [0.1, 0.15) is 11.5 Å². The smallest absolute Gasteiger partial charge is 0.227 e. The van der Waals surface area contributed by atoms with E-state index in [-0.39, 0.29) is 5.91 Å². The maximum absolute atomic E-state index is 12.7. The molecule has 1 amide bonds. The number of carbonyl (C=O) groups excluding carboxylic acids is 1. The Morgan fingerprint density at radius 1 is 1.12 bits per heavy atom. The Bertz CT molecular complexity index is 742. The first-order valence-corrected chi connectivity index (χ1v) is 8.41. The number of aliphatic hydroxyl groups is 1. The highest BCUT2D eigenvalue weighted by molar-refractivity contribution is 5.95. The lowest BCUT2D eigenvalue weighted by Gasteiger charge is -2.32. The zero-order valence-corrected chi connectivity index (χ0v) is 14.6. The second-order valence-corrected chi connectivity index (χ2v) is 6.12. The highest BCUT2D eigenvalue weighted by Gasteiger charge is 2.27. The van der Waals surface area contributed by atoms with Crippen LogP contribution < -0.4 is 14.4 Å². The van der Waals surface area contributed by atoms with E-state index < -0.39 is 6.10 Å². The van der Waals surface area contributed by atoms with Gasteiger partial charge in [-0.25, -0.2) is 0 Å². The Kier molecular flexibility index (Phi) is 5.24. The second kappa shape index (κ2) is 7.57. The highest BCUT2D eigenvalue weighted by Crippen LogP contribution is 2.36. The molecule has 132 valence electrons. The van der Waals surface area contributed by atoms with Gasteiger partial charge in [-0.1, -0.05) is 12.1 Å². The summed E-state index contributed by atoms with van der Waals surface area (Å²) in [5.41, 5.74) is 2.63. The van der Waals surface area contributed by atoms with Crippen molar-refractivity contribution in [3.63, 3.8) is 0 Å². The van der Waals surface area contributed by atoms with Gasteiger partial charge in [-0.15, -0.1) is 0 Å². The van der Waals surface area contributed by atoms with E-state index in [1.807, 2.05) is 42.5 Å². The molecule has 1 aliphatic rings. The maximum Gasteiger partial charge on any atom is 0.227 e. The molecule has 0 saturated carbocycles. The molecule has 0 saturated heterocycles. The zero-order chi connectivity index (χ0) is 17.8. The van der Waals surface area contributed by atoms with Crippen LogP contribution in [0.4, 0.5) is 5.69 Å². The number of benzene rings is 2.